The van der Waals surface area contributed by atoms with Crippen molar-refractivity contribution < 1.29 is 9.47 Å². The van der Waals surface area contributed by atoms with E-state index in [2.05, 4.69) is 63.6 Å². The molecule has 0 amide bonds. The highest BCUT2D eigenvalue weighted by atomic mass is 127. The zero-order valence-corrected chi connectivity index (χ0v) is 15.4. The van der Waals surface area contributed by atoms with Crippen molar-refractivity contribution in [3.8, 4) is 11.5 Å². The minimum atomic E-state index is 0.0688. The zero-order chi connectivity index (χ0) is 14.7. The maximum absolute atomic E-state index is 5.47. The van der Waals surface area contributed by atoms with Crippen molar-refractivity contribution in [2.45, 2.75) is 11.8 Å². The number of benzene rings is 2. The molecular weight excluding hydrogens is 431 g/mol. The molecule has 0 fully saturated rings. The van der Waals surface area contributed by atoms with Gasteiger partial charge in [0.25, 0.3) is 0 Å². The molecule has 0 aliphatic rings. The molecule has 0 aromatic heterocycles. The summed E-state index contributed by atoms with van der Waals surface area (Å²) in [5.74, 6) is 1.68. The molecule has 2 aromatic carbocycles. The maximum Gasteiger partial charge on any atom is 0.123 e. The lowest BCUT2D eigenvalue weighted by molar-refractivity contribution is 0.399. The molecule has 2 aromatic rings. The third kappa shape index (κ3) is 3.11. The number of aryl methyl sites for hydroxylation is 1. The largest absolute Gasteiger partial charge is 0.497 e. The van der Waals surface area contributed by atoms with Gasteiger partial charge in [0.1, 0.15) is 11.5 Å². The van der Waals surface area contributed by atoms with E-state index in [0.29, 0.717) is 0 Å². The number of rotatable bonds is 4. The van der Waals surface area contributed by atoms with E-state index >= 15 is 0 Å². The highest BCUT2D eigenvalue weighted by Gasteiger charge is 2.19. The highest BCUT2D eigenvalue weighted by molar-refractivity contribution is 14.1. The van der Waals surface area contributed by atoms with Gasteiger partial charge in [0.15, 0.2) is 0 Å². The summed E-state index contributed by atoms with van der Waals surface area (Å²) >= 11 is 6.18. The van der Waals surface area contributed by atoms with Crippen LogP contribution in [0.2, 0.25) is 0 Å². The van der Waals surface area contributed by atoms with Crippen LogP contribution in [0.15, 0.2) is 36.4 Å². The van der Waals surface area contributed by atoms with Crippen LogP contribution >= 0.6 is 38.5 Å². The first-order chi connectivity index (χ1) is 9.58. The first-order valence-corrected chi connectivity index (χ1v) is 8.19. The number of alkyl halides is 1. The van der Waals surface area contributed by atoms with Gasteiger partial charge >= 0.3 is 0 Å². The summed E-state index contributed by atoms with van der Waals surface area (Å²) in [6, 6.07) is 12.2. The van der Waals surface area contributed by atoms with E-state index in [1.165, 1.54) is 14.7 Å². The van der Waals surface area contributed by atoms with Crippen LogP contribution in [-0.4, -0.2) is 14.2 Å². The number of halogens is 2. The predicted molar refractivity (Wildman–Crippen MR) is 94.2 cm³/mol. The van der Waals surface area contributed by atoms with Gasteiger partial charge in [-0.25, -0.2) is 0 Å². The van der Waals surface area contributed by atoms with Crippen molar-refractivity contribution in [1.82, 2.24) is 0 Å². The minimum Gasteiger partial charge on any atom is -0.497 e. The van der Waals surface area contributed by atoms with E-state index in [9.17, 15) is 0 Å². The van der Waals surface area contributed by atoms with Crippen LogP contribution in [0.3, 0.4) is 0 Å². The van der Waals surface area contributed by atoms with Gasteiger partial charge in [0, 0.05) is 9.13 Å². The fourth-order valence-corrected chi connectivity index (χ4v) is 3.91. The van der Waals surface area contributed by atoms with Crippen LogP contribution in [0.5, 0.6) is 11.5 Å². The molecule has 0 saturated heterocycles. The Morgan fingerprint density at radius 2 is 1.80 bits per heavy atom. The van der Waals surface area contributed by atoms with Crippen LogP contribution in [0, 0.1) is 10.5 Å². The molecule has 0 heterocycles. The Morgan fingerprint density at radius 3 is 2.45 bits per heavy atom. The summed E-state index contributed by atoms with van der Waals surface area (Å²) in [6.45, 7) is 2.12. The second kappa shape index (κ2) is 6.80. The Hall–Kier alpha value is -0.750. The Balaban J connectivity index is 2.51. The lowest BCUT2D eigenvalue weighted by Gasteiger charge is -2.18. The van der Waals surface area contributed by atoms with Crippen molar-refractivity contribution >= 4 is 38.5 Å². The SMILES string of the molecule is COc1ccc(OC)c(C(Br)c2cccc(C)c2I)c1. The summed E-state index contributed by atoms with van der Waals surface area (Å²) in [4.78, 5) is 0.0688. The molecule has 1 unspecified atom stereocenters. The number of methoxy groups -OCH3 is 2. The van der Waals surface area contributed by atoms with Crippen molar-refractivity contribution in [2.24, 2.45) is 0 Å². The fourth-order valence-electron chi connectivity index (χ4n) is 2.07. The first-order valence-electron chi connectivity index (χ1n) is 6.19. The summed E-state index contributed by atoms with van der Waals surface area (Å²) in [6.07, 6.45) is 0. The molecule has 106 valence electrons. The van der Waals surface area contributed by atoms with Crippen LogP contribution in [0.25, 0.3) is 0 Å². The normalized spacial score (nSPS) is 12.1. The summed E-state index contributed by atoms with van der Waals surface area (Å²) < 4.78 is 12.0. The third-order valence-electron chi connectivity index (χ3n) is 3.20. The lowest BCUT2D eigenvalue weighted by atomic mass is 10.0. The van der Waals surface area contributed by atoms with Gasteiger partial charge in [-0.05, 0) is 58.8 Å². The van der Waals surface area contributed by atoms with Gasteiger partial charge in [0.2, 0.25) is 0 Å². The molecule has 4 heteroatoms. The molecule has 1 atom stereocenters. The Bertz CT molecular complexity index is 613. The Labute approximate surface area is 141 Å². The Morgan fingerprint density at radius 1 is 1.05 bits per heavy atom. The molecule has 0 radical (unpaired) electrons. The van der Waals surface area contributed by atoms with Crippen LogP contribution in [0.4, 0.5) is 0 Å². The molecule has 0 bridgehead atoms. The molecular formula is C16H16BrIO2. The summed E-state index contributed by atoms with van der Waals surface area (Å²) in [5.41, 5.74) is 3.57. The van der Waals surface area contributed by atoms with Crippen molar-refractivity contribution in [1.29, 1.82) is 0 Å². The van der Waals surface area contributed by atoms with Gasteiger partial charge in [-0.3, -0.25) is 0 Å². The monoisotopic (exact) mass is 446 g/mol. The molecule has 0 spiro atoms. The number of hydrogen-bond acceptors (Lipinski definition) is 2. The first kappa shape index (κ1) is 15.6. The van der Waals surface area contributed by atoms with Crippen molar-refractivity contribution in [2.75, 3.05) is 14.2 Å². The summed E-state index contributed by atoms with van der Waals surface area (Å²) in [5, 5.41) is 0. The molecule has 20 heavy (non-hydrogen) atoms. The van der Waals surface area contributed by atoms with Gasteiger partial charge < -0.3 is 9.47 Å². The van der Waals surface area contributed by atoms with Crippen molar-refractivity contribution in [3.63, 3.8) is 0 Å². The molecule has 2 rings (SSSR count). The minimum absolute atomic E-state index is 0.0688. The molecule has 0 saturated carbocycles. The standard InChI is InChI=1S/C16H16BrIO2/c1-10-5-4-6-12(16(10)18)15(17)13-9-11(19-2)7-8-14(13)20-3/h4-9,15H,1-3H3. The Kier molecular flexibility index (Phi) is 5.32. The van der Waals surface area contributed by atoms with Gasteiger partial charge in [-0.2, -0.15) is 0 Å². The second-order valence-corrected chi connectivity index (χ2v) is 6.44. The highest BCUT2D eigenvalue weighted by Crippen LogP contribution is 2.40. The van der Waals surface area contributed by atoms with Gasteiger partial charge in [-0.1, -0.05) is 34.1 Å². The molecule has 0 N–H and O–H groups in total. The fraction of sp³-hybridized carbons (Fsp3) is 0.250. The van der Waals surface area contributed by atoms with E-state index in [1.54, 1.807) is 14.2 Å². The van der Waals surface area contributed by atoms with E-state index in [0.717, 1.165) is 17.1 Å². The third-order valence-corrected chi connectivity index (χ3v) is 5.66. The van der Waals surface area contributed by atoms with E-state index in [1.807, 2.05) is 18.2 Å². The quantitative estimate of drug-likeness (QED) is 0.480. The summed E-state index contributed by atoms with van der Waals surface area (Å²) in [7, 11) is 3.36. The molecule has 2 nitrogen and oxygen atoms in total. The lowest BCUT2D eigenvalue weighted by Crippen LogP contribution is -2.01. The van der Waals surface area contributed by atoms with E-state index in [-0.39, 0.29) is 4.83 Å². The zero-order valence-electron chi connectivity index (χ0n) is 11.6. The van der Waals surface area contributed by atoms with Crippen LogP contribution in [0.1, 0.15) is 21.5 Å². The number of ether oxygens (including phenoxy) is 2. The van der Waals surface area contributed by atoms with E-state index < -0.39 is 0 Å². The molecule has 0 aliphatic heterocycles. The predicted octanol–water partition coefficient (Wildman–Crippen LogP) is 5.10. The van der Waals surface area contributed by atoms with Crippen LogP contribution < -0.4 is 9.47 Å². The van der Waals surface area contributed by atoms with E-state index in [4.69, 9.17) is 9.47 Å². The van der Waals surface area contributed by atoms with Crippen molar-refractivity contribution in [3.05, 3.63) is 56.7 Å². The van der Waals surface area contributed by atoms with Gasteiger partial charge in [0.05, 0.1) is 19.0 Å². The molecule has 0 aliphatic carbocycles. The maximum atomic E-state index is 5.47. The topological polar surface area (TPSA) is 18.5 Å². The average Bonchev–Trinajstić information content (AvgIpc) is 2.48. The smallest absolute Gasteiger partial charge is 0.123 e. The number of hydrogen-bond donors (Lipinski definition) is 0. The second-order valence-electron chi connectivity index (χ2n) is 4.45. The average molecular weight is 447 g/mol. The van der Waals surface area contributed by atoms with Gasteiger partial charge in [-0.15, -0.1) is 0 Å². The van der Waals surface area contributed by atoms with Crippen LogP contribution in [-0.2, 0) is 0 Å².